The molecular weight excluding hydrogens is 316 g/mol. The van der Waals surface area contributed by atoms with E-state index in [0.29, 0.717) is 0 Å². The van der Waals surface area contributed by atoms with E-state index in [1.165, 1.54) is 6.92 Å². The van der Waals surface area contributed by atoms with Crippen molar-refractivity contribution in [1.29, 1.82) is 0 Å². The van der Waals surface area contributed by atoms with E-state index in [4.69, 9.17) is 29.5 Å². The summed E-state index contributed by atoms with van der Waals surface area (Å²) in [6.45, 7) is -0.692. The molecule has 10 nitrogen and oxygen atoms in total. The average Bonchev–Trinajstić information content (AvgIpc) is 2.53. The quantitative estimate of drug-likeness (QED) is 0.205. The van der Waals surface area contributed by atoms with Crippen molar-refractivity contribution in [3.63, 3.8) is 0 Å². The van der Waals surface area contributed by atoms with Gasteiger partial charge < -0.3 is 50.0 Å². The first-order chi connectivity index (χ1) is 10.8. The fourth-order valence-corrected chi connectivity index (χ4v) is 2.12. The monoisotopic (exact) mass is 342 g/mol. The Morgan fingerprint density at radius 3 is 2.26 bits per heavy atom. The third-order valence-electron chi connectivity index (χ3n) is 3.58. The van der Waals surface area contributed by atoms with Gasteiger partial charge in [0.25, 0.3) is 0 Å². The maximum Gasteiger partial charge on any atom is 0.186 e. The molecular formula is C13H26O10. The molecule has 0 bridgehead atoms. The van der Waals surface area contributed by atoms with E-state index < -0.39 is 68.8 Å². The SMILES string of the molecule is C[C@H](O)C(CO)OC(OC1C(O)C(CO)OC[C@H]1O)[C@@H](O)CO. The van der Waals surface area contributed by atoms with Gasteiger partial charge in [-0.3, -0.25) is 0 Å². The average molecular weight is 342 g/mol. The first kappa shape index (κ1) is 20.6. The van der Waals surface area contributed by atoms with Gasteiger partial charge >= 0.3 is 0 Å². The number of ether oxygens (including phenoxy) is 3. The van der Waals surface area contributed by atoms with Gasteiger partial charge in [-0.25, -0.2) is 0 Å². The molecule has 0 aromatic rings. The predicted octanol–water partition coefficient (Wildman–Crippen LogP) is -4.08. The Kier molecular flexibility index (Phi) is 8.79. The summed E-state index contributed by atoms with van der Waals surface area (Å²) in [4.78, 5) is 0. The van der Waals surface area contributed by atoms with Crippen molar-refractivity contribution in [3.8, 4) is 0 Å². The number of aliphatic hydroxyl groups excluding tert-OH is 7. The van der Waals surface area contributed by atoms with Crippen molar-refractivity contribution >= 4 is 0 Å². The Bertz CT molecular complexity index is 328. The van der Waals surface area contributed by atoms with Gasteiger partial charge in [-0.05, 0) is 6.92 Å². The summed E-state index contributed by atoms with van der Waals surface area (Å²) in [6.07, 6.45) is -10.2. The molecule has 0 saturated carbocycles. The highest BCUT2D eigenvalue weighted by Crippen LogP contribution is 2.22. The Morgan fingerprint density at radius 2 is 1.78 bits per heavy atom. The number of hydrogen-bond donors (Lipinski definition) is 7. The van der Waals surface area contributed by atoms with Crippen molar-refractivity contribution in [2.75, 3.05) is 26.4 Å². The maximum absolute atomic E-state index is 10.0. The smallest absolute Gasteiger partial charge is 0.186 e. The number of hydrogen-bond acceptors (Lipinski definition) is 10. The van der Waals surface area contributed by atoms with Crippen molar-refractivity contribution in [3.05, 3.63) is 0 Å². The highest BCUT2D eigenvalue weighted by atomic mass is 16.7. The van der Waals surface area contributed by atoms with Crippen molar-refractivity contribution in [2.45, 2.75) is 55.9 Å². The van der Waals surface area contributed by atoms with Crippen molar-refractivity contribution < 1.29 is 50.0 Å². The fourth-order valence-electron chi connectivity index (χ4n) is 2.12. The Hall–Kier alpha value is -0.400. The predicted molar refractivity (Wildman–Crippen MR) is 74.2 cm³/mol. The van der Waals surface area contributed by atoms with E-state index in [1.54, 1.807) is 0 Å². The second kappa shape index (κ2) is 9.79. The minimum Gasteiger partial charge on any atom is -0.394 e. The van der Waals surface area contributed by atoms with Crippen LogP contribution in [0.2, 0.25) is 0 Å². The molecule has 1 heterocycles. The lowest BCUT2D eigenvalue weighted by Gasteiger charge is -2.40. The largest absolute Gasteiger partial charge is 0.394 e. The van der Waals surface area contributed by atoms with Crippen molar-refractivity contribution in [2.24, 2.45) is 0 Å². The second-order valence-electron chi connectivity index (χ2n) is 5.43. The van der Waals surface area contributed by atoms with Gasteiger partial charge in [0.1, 0.15) is 36.6 Å². The Balaban J connectivity index is 2.82. The highest BCUT2D eigenvalue weighted by molar-refractivity contribution is 4.88. The summed E-state index contributed by atoms with van der Waals surface area (Å²) in [5.74, 6) is 0. The van der Waals surface area contributed by atoms with Crippen LogP contribution in [0.4, 0.5) is 0 Å². The molecule has 10 heteroatoms. The molecule has 0 spiro atoms. The number of aliphatic hydroxyl groups is 7. The lowest BCUT2D eigenvalue weighted by atomic mass is 10.00. The Morgan fingerprint density at radius 1 is 1.13 bits per heavy atom. The molecule has 1 aliphatic rings. The second-order valence-corrected chi connectivity index (χ2v) is 5.43. The molecule has 0 aromatic carbocycles. The van der Waals surface area contributed by atoms with Crippen LogP contribution < -0.4 is 0 Å². The fraction of sp³-hybridized carbons (Fsp3) is 1.00. The molecule has 0 radical (unpaired) electrons. The minimum absolute atomic E-state index is 0.214. The third-order valence-corrected chi connectivity index (χ3v) is 3.58. The summed E-state index contributed by atoms with van der Waals surface area (Å²) in [6, 6.07) is 0. The van der Waals surface area contributed by atoms with Gasteiger partial charge in [-0.2, -0.15) is 0 Å². The van der Waals surface area contributed by atoms with Crippen LogP contribution in [0.15, 0.2) is 0 Å². The van der Waals surface area contributed by atoms with Crippen LogP contribution in [0.3, 0.4) is 0 Å². The molecule has 7 N–H and O–H groups in total. The molecule has 1 aliphatic heterocycles. The third kappa shape index (κ3) is 5.57. The minimum atomic E-state index is -1.54. The molecule has 1 saturated heterocycles. The van der Waals surface area contributed by atoms with E-state index >= 15 is 0 Å². The van der Waals surface area contributed by atoms with Gasteiger partial charge in [0.2, 0.25) is 0 Å². The van der Waals surface area contributed by atoms with Crippen LogP contribution in [0.25, 0.3) is 0 Å². The summed E-state index contributed by atoms with van der Waals surface area (Å²) in [5, 5.41) is 66.5. The standard InChI is InChI=1S/C13H26O10/c1-6(17)9(3-15)22-13(7(18)2-14)23-12-8(19)5-21-10(4-16)11(12)20/h6-20H,2-5H2,1H3/t6-,7-,8+,9?,10?,11?,12?,13?/m0/s1. The molecule has 0 aliphatic carbocycles. The molecule has 23 heavy (non-hydrogen) atoms. The zero-order valence-corrected chi connectivity index (χ0v) is 12.8. The molecule has 8 atom stereocenters. The van der Waals surface area contributed by atoms with Crippen LogP contribution in [-0.2, 0) is 14.2 Å². The summed E-state index contributed by atoms with van der Waals surface area (Å²) in [7, 11) is 0. The van der Waals surface area contributed by atoms with Crippen LogP contribution in [0.1, 0.15) is 6.92 Å². The lowest BCUT2D eigenvalue weighted by molar-refractivity contribution is -0.300. The van der Waals surface area contributed by atoms with Gasteiger partial charge in [0.05, 0.1) is 32.5 Å². The summed E-state index contributed by atoms with van der Waals surface area (Å²) >= 11 is 0. The Labute approximate surface area is 133 Å². The van der Waals surface area contributed by atoms with Crippen molar-refractivity contribution in [1.82, 2.24) is 0 Å². The van der Waals surface area contributed by atoms with Crippen LogP contribution in [-0.4, -0.2) is 111 Å². The van der Waals surface area contributed by atoms with E-state index in [0.717, 1.165) is 0 Å². The molecule has 138 valence electrons. The van der Waals surface area contributed by atoms with Crippen LogP contribution >= 0.6 is 0 Å². The highest BCUT2D eigenvalue weighted by Gasteiger charge is 2.42. The van der Waals surface area contributed by atoms with E-state index in [1.807, 2.05) is 0 Å². The maximum atomic E-state index is 10.0. The first-order valence-electron chi connectivity index (χ1n) is 7.33. The topological polar surface area (TPSA) is 169 Å². The number of rotatable bonds is 9. The summed E-state index contributed by atoms with van der Waals surface area (Å²) in [5.41, 5.74) is 0. The lowest BCUT2D eigenvalue weighted by Crippen LogP contribution is -2.58. The first-order valence-corrected chi connectivity index (χ1v) is 7.33. The van der Waals surface area contributed by atoms with E-state index in [2.05, 4.69) is 0 Å². The summed E-state index contributed by atoms with van der Waals surface area (Å²) < 4.78 is 15.6. The van der Waals surface area contributed by atoms with Crippen LogP contribution in [0, 0.1) is 0 Å². The molecule has 0 amide bonds. The van der Waals surface area contributed by atoms with Gasteiger partial charge in [-0.1, -0.05) is 0 Å². The molecule has 1 rings (SSSR count). The zero-order valence-electron chi connectivity index (χ0n) is 12.8. The molecule has 0 aromatic heterocycles. The molecule has 1 fully saturated rings. The van der Waals surface area contributed by atoms with Crippen LogP contribution in [0.5, 0.6) is 0 Å². The van der Waals surface area contributed by atoms with Gasteiger partial charge in [-0.15, -0.1) is 0 Å². The van der Waals surface area contributed by atoms with E-state index in [9.17, 15) is 20.4 Å². The normalized spacial score (nSPS) is 33.9. The zero-order chi connectivity index (χ0) is 17.6. The van der Waals surface area contributed by atoms with Gasteiger partial charge in [0.15, 0.2) is 6.29 Å². The van der Waals surface area contributed by atoms with Gasteiger partial charge in [0, 0.05) is 0 Å². The molecule has 5 unspecified atom stereocenters. The van der Waals surface area contributed by atoms with E-state index in [-0.39, 0.29) is 6.61 Å².